The van der Waals surface area contributed by atoms with Crippen molar-refractivity contribution in [1.82, 2.24) is 5.32 Å². The van der Waals surface area contributed by atoms with Gasteiger partial charge in [0, 0.05) is 6.61 Å². The second-order valence-corrected chi connectivity index (χ2v) is 5.80. The number of carbonyl (C=O) groups excluding carboxylic acids is 1. The molecule has 0 saturated carbocycles. The minimum Gasteiger partial charge on any atom is -0.394 e. The molecule has 1 amide bonds. The Labute approximate surface area is 120 Å². The highest BCUT2D eigenvalue weighted by atomic mass is 16.5. The predicted molar refractivity (Wildman–Crippen MR) is 78.2 cm³/mol. The van der Waals surface area contributed by atoms with Crippen LogP contribution < -0.4 is 5.32 Å². The number of hydrogen-bond donors (Lipinski definition) is 2. The third-order valence-electron chi connectivity index (χ3n) is 3.86. The number of nitrogens with one attached hydrogen (secondary N) is 1. The van der Waals surface area contributed by atoms with Gasteiger partial charge in [-0.25, -0.2) is 0 Å². The van der Waals surface area contributed by atoms with Gasteiger partial charge in [-0.05, 0) is 43.6 Å². The van der Waals surface area contributed by atoms with Gasteiger partial charge < -0.3 is 15.2 Å². The van der Waals surface area contributed by atoms with Crippen LogP contribution in [-0.2, 0) is 9.53 Å². The number of carbonyl (C=O) groups is 1. The summed E-state index contributed by atoms with van der Waals surface area (Å²) in [4.78, 5) is 12.1. The molecule has 2 aliphatic rings. The highest BCUT2D eigenvalue weighted by Gasteiger charge is 2.24. The summed E-state index contributed by atoms with van der Waals surface area (Å²) in [6, 6.07) is -0.228. The van der Waals surface area contributed by atoms with E-state index in [9.17, 15) is 9.90 Å². The monoisotopic (exact) mass is 279 g/mol. The van der Waals surface area contributed by atoms with Gasteiger partial charge in [-0.15, -0.1) is 0 Å². The molecule has 0 spiro atoms. The Kier molecular flexibility index (Phi) is 5.80. The minimum absolute atomic E-state index is 0.0436. The SMILES string of the molecule is CC1C=C(C[C@@H](CO)NC(=O)C2CCCCO2)C=CC1. The first-order chi connectivity index (χ1) is 9.69. The average molecular weight is 279 g/mol. The normalized spacial score (nSPS) is 27.8. The quantitative estimate of drug-likeness (QED) is 0.808. The molecule has 1 saturated heterocycles. The Hall–Kier alpha value is -1.13. The fourth-order valence-corrected chi connectivity index (χ4v) is 2.75. The van der Waals surface area contributed by atoms with Gasteiger partial charge in [-0.2, -0.15) is 0 Å². The molecule has 2 N–H and O–H groups in total. The van der Waals surface area contributed by atoms with Crippen LogP contribution in [0.25, 0.3) is 0 Å². The summed E-state index contributed by atoms with van der Waals surface area (Å²) in [7, 11) is 0. The van der Waals surface area contributed by atoms with Gasteiger partial charge in [0.1, 0.15) is 6.10 Å². The number of amides is 1. The van der Waals surface area contributed by atoms with Crippen LogP contribution in [0.3, 0.4) is 0 Å². The summed E-state index contributed by atoms with van der Waals surface area (Å²) in [6.07, 6.45) is 10.7. The van der Waals surface area contributed by atoms with Gasteiger partial charge in [0.25, 0.3) is 0 Å². The van der Waals surface area contributed by atoms with Crippen LogP contribution >= 0.6 is 0 Å². The van der Waals surface area contributed by atoms with E-state index in [0.717, 1.165) is 25.7 Å². The van der Waals surface area contributed by atoms with Crippen molar-refractivity contribution in [2.24, 2.45) is 5.92 Å². The molecule has 112 valence electrons. The number of rotatable bonds is 5. The Bertz CT molecular complexity index is 383. The molecule has 0 bridgehead atoms. The van der Waals surface area contributed by atoms with Crippen molar-refractivity contribution in [2.75, 3.05) is 13.2 Å². The summed E-state index contributed by atoms with van der Waals surface area (Å²) in [5, 5.41) is 12.4. The van der Waals surface area contributed by atoms with Crippen LogP contribution in [0.4, 0.5) is 0 Å². The minimum atomic E-state index is -0.340. The van der Waals surface area contributed by atoms with Crippen LogP contribution in [0.2, 0.25) is 0 Å². The molecule has 1 fully saturated rings. The van der Waals surface area contributed by atoms with Gasteiger partial charge in [0.05, 0.1) is 12.6 Å². The highest BCUT2D eigenvalue weighted by Crippen LogP contribution is 2.20. The molecule has 1 aliphatic carbocycles. The molecule has 0 aromatic heterocycles. The van der Waals surface area contributed by atoms with Crippen LogP contribution in [0.5, 0.6) is 0 Å². The van der Waals surface area contributed by atoms with E-state index >= 15 is 0 Å². The van der Waals surface area contributed by atoms with Crippen molar-refractivity contribution < 1.29 is 14.6 Å². The fraction of sp³-hybridized carbons (Fsp3) is 0.688. The summed E-state index contributed by atoms with van der Waals surface area (Å²) in [6.45, 7) is 2.79. The zero-order valence-corrected chi connectivity index (χ0v) is 12.2. The van der Waals surface area contributed by atoms with Crippen LogP contribution in [-0.4, -0.2) is 36.4 Å². The molecule has 3 atom stereocenters. The first-order valence-electron chi connectivity index (χ1n) is 7.59. The number of aliphatic hydroxyl groups excluding tert-OH is 1. The maximum absolute atomic E-state index is 12.1. The van der Waals surface area contributed by atoms with E-state index in [0.29, 0.717) is 18.9 Å². The maximum atomic E-state index is 12.1. The van der Waals surface area contributed by atoms with Crippen LogP contribution in [0, 0.1) is 5.92 Å². The van der Waals surface area contributed by atoms with Crippen molar-refractivity contribution in [3.8, 4) is 0 Å². The van der Waals surface area contributed by atoms with E-state index in [-0.39, 0.29) is 24.7 Å². The summed E-state index contributed by atoms with van der Waals surface area (Å²) in [5.74, 6) is 0.448. The Morgan fingerprint density at radius 2 is 2.40 bits per heavy atom. The lowest BCUT2D eigenvalue weighted by Gasteiger charge is -2.25. The zero-order chi connectivity index (χ0) is 14.4. The van der Waals surface area contributed by atoms with Gasteiger partial charge in [0.15, 0.2) is 0 Å². The number of hydrogen-bond acceptors (Lipinski definition) is 3. The van der Waals surface area contributed by atoms with E-state index in [1.165, 1.54) is 5.57 Å². The smallest absolute Gasteiger partial charge is 0.249 e. The van der Waals surface area contributed by atoms with E-state index < -0.39 is 0 Å². The molecule has 4 heteroatoms. The standard InChI is InChI=1S/C16H25NO3/c1-12-5-4-6-13(9-12)10-14(11-18)17-16(19)15-7-2-3-8-20-15/h4,6,9,12,14-15,18H,2-3,5,7-8,10-11H2,1H3,(H,17,19)/t12?,14-,15?/m0/s1. The fourth-order valence-electron chi connectivity index (χ4n) is 2.75. The topological polar surface area (TPSA) is 58.6 Å². The molecule has 4 nitrogen and oxygen atoms in total. The first-order valence-corrected chi connectivity index (χ1v) is 7.59. The molecule has 0 aromatic rings. The number of allylic oxidation sites excluding steroid dienone is 3. The van der Waals surface area contributed by atoms with E-state index in [4.69, 9.17) is 4.74 Å². The van der Waals surface area contributed by atoms with Gasteiger partial charge in [-0.1, -0.05) is 25.2 Å². The van der Waals surface area contributed by atoms with Crippen molar-refractivity contribution in [2.45, 2.75) is 51.2 Å². The molecule has 2 rings (SSSR count). The lowest BCUT2D eigenvalue weighted by atomic mass is 9.94. The first kappa shape index (κ1) is 15.3. The molecular weight excluding hydrogens is 254 g/mol. The molecule has 1 aliphatic heterocycles. The molecule has 2 unspecified atom stereocenters. The third kappa shape index (κ3) is 4.46. The average Bonchev–Trinajstić information content (AvgIpc) is 2.47. The predicted octanol–water partition coefficient (Wildman–Crippen LogP) is 1.95. The lowest BCUT2D eigenvalue weighted by molar-refractivity contribution is -0.136. The summed E-state index contributed by atoms with van der Waals surface area (Å²) >= 11 is 0. The largest absolute Gasteiger partial charge is 0.394 e. The summed E-state index contributed by atoms with van der Waals surface area (Å²) in [5.41, 5.74) is 1.19. The van der Waals surface area contributed by atoms with Crippen molar-refractivity contribution in [3.63, 3.8) is 0 Å². The second-order valence-electron chi connectivity index (χ2n) is 5.80. The zero-order valence-electron chi connectivity index (χ0n) is 12.2. The Morgan fingerprint density at radius 1 is 1.55 bits per heavy atom. The van der Waals surface area contributed by atoms with Crippen molar-refractivity contribution in [3.05, 3.63) is 23.8 Å². The van der Waals surface area contributed by atoms with Crippen molar-refractivity contribution in [1.29, 1.82) is 0 Å². The third-order valence-corrected chi connectivity index (χ3v) is 3.86. The van der Waals surface area contributed by atoms with Crippen LogP contribution in [0.1, 0.15) is 39.0 Å². The molecular formula is C16H25NO3. The van der Waals surface area contributed by atoms with E-state index in [1.807, 2.05) is 0 Å². The molecule has 0 radical (unpaired) electrons. The van der Waals surface area contributed by atoms with Gasteiger partial charge in [-0.3, -0.25) is 4.79 Å². The Balaban J connectivity index is 1.85. The summed E-state index contributed by atoms with van der Waals surface area (Å²) < 4.78 is 5.47. The maximum Gasteiger partial charge on any atom is 0.249 e. The van der Waals surface area contributed by atoms with Gasteiger partial charge >= 0.3 is 0 Å². The molecule has 0 aromatic carbocycles. The van der Waals surface area contributed by atoms with E-state index in [2.05, 4.69) is 30.5 Å². The highest BCUT2D eigenvalue weighted by molar-refractivity contribution is 5.81. The van der Waals surface area contributed by atoms with Gasteiger partial charge in [0.2, 0.25) is 5.91 Å². The van der Waals surface area contributed by atoms with Crippen molar-refractivity contribution >= 4 is 5.91 Å². The number of aliphatic hydroxyl groups is 1. The number of ether oxygens (including phenoxy) is 1. The molecule has 20 heavy (non-hydrogen) atoms. The van der Waals surface area contributed by atoms with E-state index in [1.54, 1.807) is 0 Å². The Morgan fingerprint density at radius 3 is 3.05 bits per heavy atom. The van der Waals surface area contributed by atoms with Crippen LogP contribution in [0.15, 0.2) is 23.8 Å². The lowest BCUT2D eigenvalue weighted by Crippen LogP contribution is -2.45. The molecule has 1 heterocycles. The second kappa shape index (κ2) is 7.60.